The number of carbonyl (C=O) groups excluding carboxylic acids is 1. The number of carbonyl (C=O) groups is 1. The zero-order chi connectivity index (χ0) is 18.3. The molecule has 0 spiro atoms. The van der Waals surface area contributed by atoms with Crippen molar-refractivity contribution in [2.24, 2.45) is 0 Å². The molecule has 0 aromatic rings. The van der Waals surface area contributed by atoms with E-state index >= 15 is 0 Å². The molecule has 0 bridgehead atoms. The Bertz CT molecular complexity index is 409. The summed E-state index contributed by atoms with van der Waals surface area (Å²) in [4.78, 5) is 11.7. The number of hydrogen-bond donors (Lipinski definition) is 2. The molecule has 1 unspecified atom stereocenters. The van der Waals surface area contributed by atoms with Crippen molar-refractivity contribution < 1.29 is 17.8 Å². The fourth-order valence-corrected chi connectivity index (χ4v) is 3.69. The lowest BCUT2D eigenvalue weighted by Crippen LogP contribution is -2.39. The van der Waals surface area contributed by atoms with Gasteiger partial charge in [0.1, 0.15) is 0 Å². The molecule has 0 aromatic heterocycles. The second-order valence-electron chi connectivity index (χ2n) is 6.58. The van der Waals surface area contributed by atoms with E-state index in [9.17, 15) is 13.2 Å². The van der Waals surface area contributed by atoms with Gasteiger partial charge in [0.2, 0.25) is 5.91 Å². The summed E-state index contributed by atoms with van der Waals surface area (Å²) in [7, 11) is -4.31. The van der Waals surface area contributed by atoms with Gasteiger partial charge < -0.3 is 5.32 Å². The van der Waals surface area contributed by atoms with E-state index in [0.717, 1.165) is 19.3 Å². The molecule has 0 radical (unpaired) electrons. The van der Waals surface area contributed by atoms with Crippen molar-refractivity contribution in [3.8, 4) is 0 Å². The lowest BCUT2D eigenvalue weighted by molar-refractivity contribution is -0.120. The van der Waals surface area contributed by atoms with E-state index in [2.05, 4.69) is 12.2 Å². The highest BCUT2D eigenvalue weighted by Gasteiger charge is 2.29. The van der Waals surface area contributed by atoms with E-state index in [1.165, 1.54) is 51.4 Å². The number of nitrogens with one attached hydrogen (secondary N) is 1. The van der Waals surface area contributed by atoms with Crippen LogP contribution in [0.1, 0.15) is 97.3 Å². The van der Waals surface area contributed by atoms with Gasteiger partial charge in [-0.25, -0.2) is 0 Å². The maximum absolute atomic E-state index is 11.7. The van der Waals surface area contributed by atoms with Crippen molar-refractivity contribution in [1.29, 1.82) is 0 Å². The summed E-state index contributed by atoms with van der Waals surface area (Å²) >= 11 is 0. The molecule has 0 aliphatic carbocycles. The third kappa shape index (κ3) is 12.8. The highest BCUT2D eigenvalue weighted by atomic mass is 32.2. The van der Waals surface area contributed by atoms with Crippen LogP contribution in [0.15, 0.2) is 0 Å². The Morgan fingerprint density at radius 1 is 0.833 bits per heavy atom. The van der Waals surface area contributed by atoms with E-state index in [1.807, 2.05) is 0 Å². The Hall–Kier alpha value is -0.620. The molecule has 0 aromatic carbocycles. The van der Waals surface area contributed by atoms with Crippen molar-refractivity contribution in [3.05, 3.63) is 0 Å². The van der Waals surface area contributed by atoms with Gasteiger partial charge >= 0.3 is 0 Å². The largest absolute Gasteiger partial charge is 0.355 e. The standard InChI is InChI=1S/C18H37NO4S/c1-3-5-6-7-8-9-10-11-12-13-14-15-16-17(24(21,22)23)18(20)19-4-2/h17H,3-16H2,1-2H3,(H,19,20)(H,21,22,23). The van der Waals surface area contributed by atoms with Crippen LogP contribution in [0.3, 0.4) is 0 Å². The predicted molar refractivity (Wildman–Crippen MR) is 99.7 cm³/mol. The molecule has 6 heteroatoms. The van der Waals surface area contributed by atoms with Crippen molar-refractivity contribution in [1.82, 2.24) is 5.32 Å². The Kier molecular flexibility index (Phi) is 14.3. The van der Waals surface area contributed by atoms with Crippen LogP contribution < -0.4 is 5.32 Å². The van der Waals surface area contributed by atoms with E-state index in [4.69, 9.17) is 4.55 Å². The van der Waals surface area contributed by atoms with Crippen molar-refractivity contribution in [2.45, 2.75) is 103 Å². The number of amides is 1. The normalized spacial score (nSPS) is 13.0. The van der Waals surface area contributed by atoms with Gasteiger partial charge in [-0.2, -0.15) is 8.42 Å². The third-order valence-corrected chi connectivity index (χ3v) is 5.49. The molecule has 1 atom stereocenters. The average molecular weight is 364 g/mol. The van der Waals surface area contributed by atoms with Crippen molar-refractivity contribution in [3.63, 3.8) is 0 Å². The fourth-order valence-electron chi connectivity index (χ4n) is 2.87. The average Bonchev–Trinajstić information content (AvgIpc) is 2.50. The van der Waals surface area contributed by atoms with E-state index in [1.54, 1.807) is 6.92 Å². The maximum Gasteiger partial charge on any atom is 0.276 e. The Morgan fingerprint density at radius 3 is 1.62 bits per heavy atom. The summed E-state index contributed by atoms with van der Waals surface area (Å²) in [5.74, 6) is -0.594. The molecule has 24 heavy (non-hydrogen) atoms. The topological polar surface area (TPSA) is 83.5 Å². The van der Waals surface area contributed by atoms with Crippen LogP contribution in [0.5, 0.6) is 0 Å². The molecule has 0 saturated heterocycles. The number of hydrogen-bond acceptors (Lipinski definition) is 3. The van der Waals surface area contributed by atoms with Gasteiger partial charge in [0.05, 0.1) is 0 Å². The van der Waals surface area contributed by atoms with Crippen molar-refractivity contribution in [2.75, 3.05) is 6.54 Å². The van der Waals surface area contributed by atoms with Crippen LogP contribution in [0.2, 0.25) is 0 Å². The van der Waals surface area contributed by atoms with Crippen LogP contribution in [-0.2, 0) is 14.9 Å². The Labute approximate surface area is 148 Å². The second-order valence-corrected chi connectivity index (χ2v) is 8.17. The van der Waals surface area contributed by atoms with Gasteiger partial charge in [-0.05, 0) is 13.3 Å². The first-order chi connectivity index (χ1) is 11.4. The zero-order valence-corrected chi connectivity index (χ0v) is 16.4. The van der Waals surface area contributed by atoms with Crippen LogP contribution in [0, 0.1) is 0 Å². The molecular formula is C18H37NO4S. The zero-order valence-electron chi connectivity index (χ0n) is 15.6. The van der Waals surface area contributed by atoms with Gasteiger partial charge in [-0.1, -0.05) is 84.0 Å². The Morgan fingerprint density at radius 2 is 1.25 bits per heavy atom. The Balaban J connectivity index is 3.64. The van der Waals surface area contributed by atoms with Gasteiger partial charge in [0, 0.05) is 6.54 Å². The maximum atomic E-state index is 11.7. The molecule has 1 amide bonds. The molecule has 2 N–H and O–H groups in total. The summed E-state index contributed by atoms with van der Waals surface area (Å²) in [6.07, 6.45) is 14.5. The minimum atomic E-state index is -4.31. The lowest BCUT2D eigenvalue weighted by atomic mass is 10.0. The molecule has 5 nitrogen and oxygen atoms in total. The first kappa shape index (κ1) is 23.4. The number of unbranched alkanes of at least 4 members (excludes halogenated alkanes) is 11. The molecular weight excluding hydrogens is 326 g/mol. The smallest absolute Gasteiger partial charge is 0.276 e. The second kappa shape index (κ2) is 14.7. The third-order valence-electron chi connectivity index (χ3n) is 4.32. The predicted octanol–water partition coefficient (Wildman–Crippen LogP) is 4.47. The van der Waals surface area contributed by atoms with E-state index in [-0.39, 0.29) is 6.42 Å². The minimum absolute atomic E-state index is 0.197. The molecule has 0 saturated carbocycles. The van der Waals surface area contributed by atoms with Crippen LogP contribution >= 0.6 is 0 Å². The molecule has 0 heterocycles. The van der Waals surface area contributed by atoms with Gasteiger partial charge in [0.25, 0.3) is 10.1 Å². The quantitative estimate of drug-likeness (QED) is 0.313. The molecule has 0 fully saturated rings. The first-order valence-electron chi connectivity index (χ1n) is 9.67. The minimum Gasteiger partial charge on any atom is -0.355 e. The molecule has 0 aliphatic heterocycles. The summed E-state index contributed by atoms with van der Waals surface area (Å²) in [6.45, 7) is 4.32. The monoisotopic (exact) mass is 363 g/mol. The molecule has 0 rings (SSSR count). The fraction of sp³-hybridized carbons (Fsp3) is 0.944. The SMILES string of the molecule is CCCCCCCCCCCCCCC(C(=O)NCC)S(=O)(=O)O. The van der Waals surface area contributed by atoms with Crippen molar-refractivity contribution >= 4 is 16.0 Å². The summed E-state index contributed by atoms with van der Waals surface area (Å²) in [5.41, 5.74) is 0. The lowest BCUT2D eigenvalue weighted by Gasteiger charge is -2.13. The van der Waals surface area contributed by atoms with E-state index < -0.39 is 21.3 Å². The van der Waals surface area contributed by atoms with Crippen LogP contribution in [0.4, 0.5) is 0 Å². The summed E-state index contributed by atoms with van der Waals surface area (Å²) < 4.78 is 31.7. The molecule has 0 aliphatic rings. The van der Waals surface area contributed by atoms with Gasteiger partial charge in [-0.3, -0.25) is 9.35 Å². The number of rotatable bonds is 16. The van der Waals surface area contributed by atoms with Crippen LogP contribution in [0.25, 0.3) is 0 Å². The highest BCUT2D eigenvalue weighted by molar-refractivity contribution is 7.87. The summed E-state index contributed by atoms with van der Waals surface area (Å²) in [6, 6.07) is 0. The van der Waals surface area contributed by atoms with Crippen LogP contribution in [-0.4, -0.2) is 30.7 Å². The first-order valence-corrected chi connectivity index (χ1v) is 11.2. The highest BCUT2D eigenvalue weighted by Crippen LogP contribution is 2.15. The molecule has 144 valence electrons. The van der Waals surface area contributed by atoms with E-state index in [0.29, 0.717) is 13.0 Å². The van der Waals surface area contributed by atoms with Gasteiger partial charge in [0.15, 0.2) is 5.25 Å². The van der Waals surface area contributed by atoms with Gasteiger partial charge in [-0.15, -0.1) is 0 Å². The summed E-state index contributed by atoms with van der Waals surface area (Å²) in [5, 5.41) is 1.15.